The van der Waals surface area contributed by atoms with Gasteiger partial charge in [0.05, 0.1) is 6.61 Å². The van der Waals surface area contributed by atoms with Gasteiger partial charge in [-0.2, -0.15) is 0 Å². The van der Waals surface area contributed by atoms with Crippen LogP contribution in [0.25, 0.3) is 0 Å². The summed E-state index contributed by atoms with van der Waals surface area (Å²) in [6.07, 6.45) is 2.69. The van der Waals surface area contributed by atoms with E-state index in [1.54, 1.807) is 0 Å². The Labute approximate surface area is 125 Å². The van der Waals surface area contributed by atoms with Gasteiger partial charge in [-0.3, -0.25) is 0 Å². The minimum absolute atomic E-state index is 0.156. The fourth-order valence-electron chi connectivity index (χ4n) is 1.61. The van der Waals surface area contributed by atoms with Gasteiger partial charge >= 0.3 is 6.09 Å². The molecule has 4 nitrogen and oxygen atoms in total. The number of hydrogen-bond donors (Lipinski definition) is 2. The lowest BCUT2D eigenvalue weighted by molar-refractivity contribution is 0.151. The highest BCUT2D eigenvalue weighted by Gasteiger charge is 2.19. The van der Waals surface area contributed by atoms with Crippen LogP contribution in [-0.4, -0.2) is 33.4 Å². The van der Waals surface area contributed by atoms with Crippen LogP contribution in [0.4, 0.5) is 4.79 Å². The maximum atomic E-state index is 11.4. The van der Waals surface area contributed by atoms with E-state index in [9.17, 15) is 4.79 Å². The molecule has 0 rings (SSSR count). The second kappa shape index (κ2) is 8.67. The quantitative estimate of drug-likeness (QED) is 0.532. The first-order chi connectivity index (χ1) is 9.02. The Balaban J connectivity index is 3.54. The molecule has 0 aliphatic rings. The number of alkyl carbamates (subject to hydrolysis) is 1. The molecule has 0 aromatic carbocycles. The van der Waals surface area contributed by atoms with Crippen LogP contribution in [0.5, 0.6) is 0 Å². The number of nitrogens with two attached hydrogens (primary N) is 1. The predicted octanol–water partition coefficient (Wildman–Crippen LogP) is 3.59. The highest BCUT2D eigenvalue weighted by Crippen LogP contribution is 2.21. The van der Waals surface area contributed by atoms with Crippen LogP contribution in [0.15, 0.2) is 0 Å². The molecule has 0 bridgehead atoms. The molecule has 0 aromatic rings. The molecule has 0 heterocycles. The van der Waals surface area contributed by atoms with Crippen molar-refractivity contribution in [3.63, 3.8) is 0 Å². The number of nitrogens with one attached hydrogen (secondary N) is 1. The van der Waals surface area contributed by atoms with E-state index in [2.05, 4.69) is 45.7 Å². The molecule has 0 saturated heterocycles. The summed E-state index contributed by atoms with van der Waals surface area (Å²) in [6.45, 7) is 14.5. The van der Waals surface area contributed by atoms with Gasteiger partial charge in [-0.05, 0) is 24.3 Å². The number of amides is 1. The second-order valence-corrected chi connectivity index (χ2v) is 13.5. The Bertz CT molecular complexity index is 283. The summed E-state index contributed by atoms with van der Waals surface area (Å²) in [5.74, 6) is 0. The Hall–Kier alpha value is -0.553. The number of carbonyl (C=O) groups excluding carboxylic acids is 1. The molecule has 0 unspecified atom stereocenters. The summed E-state index contributed by atoms with van der Waals surface area (Å²) >= 11 is 0. The second-order valence-electron chi connectivity index (χ2n) is 7.84. The molecule has 0 aliphatic heterocycles. The summed E-state index contributed by atoms with van der Waals surface area (Å²) in [5.41, 5.74) is 6.25. The first-order valence-corrected chi connectivity index (χ1v) is 11.4. The third-order valence-corrected chi connectivity index (χ3v) is 5.11. The van der Waals surface area contributed by atoms with Gasteiger partial charge in [0.15, 0.2) is 0 Å². The zero-order valence-corrected chi connectivity index (χ0v) is 15.2. The van der Waals surface area contributed by atoms with E-state index in [-0.39, 0.29) is 17.6 Å². The summed E-state index contributed by atoms with van der Waals surface area (Å²) in [4.78, 5) is 11.4. The standard InChI is InChI=1S/C15H34N2O2Si/c1-15(2,3)13(16)9-7-8-10-17-14(18)19-11-12-20(4,5)6/h13H,7-12,16H2,1-6H3,(H,17,18)/t13-/m0/s1. The molecule has 1 amide bonds. The van der Waals surface area contributed by atoms with E-state index >= 15 is 0 Å². The molecule has 20 heavy (non-hydrogen) atoms. The molecule has 0 saturated carbocycles. The fraction of sp³-hybridized carbons (Fsp3) is 0.933. The molecule has 0 aromatic heterocycles. The van der Waals surface area contributed by atoms with Crippen molar-refractivity contribution in [1.29, 1.82) is 0 Å². The normalized spacial score (nSPS) is 13.9. The van der Waals surface area contributed by atoms with Crippen LogP contribution in [-0.2, 0) is 4.74 Å². The summed E-state index contributed by atoms with van der Waals surface area (Å²) in [6, 6.07) is 1.23. The van der Waals surface area contributed by atoms with Gasteiger partial charge in [0.1, 0.15) is 0 Å². The molecular weight excluding hydrogens is 268 g/mol. The lowest BCUT2D eigenvalue weighted by Gasteiger charge is -2.26. The highest BCUT2D eigenvalue weighted by molar-refractivity contribution is 6.76. The summed E-state index contributed by atoms with van der Waals surface area (Å²) < 4.78 is 5.16. The maximum absolute atomic E-state index is 11.4. The van der Waals surface area contributed by atoms with Crippen LogP contribution >= 0.6 is 0 Å². The van der Waals surface area contributed by atoms with Crippen molar-refractivity contribution in [1.82, 2.24) is 5.32 Å². The lowest BCUT2D eigenvalue weighted by atomic mass is 9.84. The van der Waals surface area contributed by atoms with Gasteiger partial charge in [-0.1, -0.05) is 46.8 Å². The van der Waals surface area contributed by atoms with Crippen molar-refractivity contribution in [3.8, 4) is 0 Å². The van der Waals surface area contributed by atoms with Crippen LogP contribution in [0, 0.1) is 5.41 Å². The van der Waals surface area contributed by atoms with Gasteiger partial charge in [-0.15, -0.1) is 0 Å². The van der Waals surface area contributed by atoms with Crippen LogP contribution < -0.4 is 11.1 Å². The largest absolute Gasteiger partial charge is 0.450 e. The molecular formula is C15H34N2O2Si. The summed E-state index contributed by atoms with van der Waals surface area (Å²) in [5, 5.41) is 2.79. The summed E-state index contributed by atoms with van der Waals surface area (Å²) in [7, 11) is -1.12. The number of hydrogen-bond acceptors (Lipinski definition) is 3. The molecule has 0 radical (unpaired) electrons. The molecule has 120 valence electrons. The molecule has 0 spiro atoms. The van der Waals surface area contributed by atoms with Gasteiger partial charge in [0, 0.05) is 20.7 Å². The van der Waals surface area contributed by atoms with Crippen molar-refractivity contribution >= 4 is 14.2 Å². The van der Waals surface area contributed by atoms with Crippen LogP contribution in [0.3, 0.4) is 0 Å². The predicted molar refractivity (Wildman–Crippen MR) is 88.8 cm³/mol. The van der Waals surface area contributed by atoms with Crippen molar-refractivity contribution in [2.24, 2.45) is 11.1 Å². The Morgan fingerprint density at radius 2 is 1.85 bits per heavy atom. The van der Waals surface area contributed by atoms with Gasteiger partial charge in [-0.25, -0.2) is 4.79 Å². The van der Waals surface area contributed by atoms with E-state index in [1.165, 1.54) is 0 Å². The molecule has 1 atom stereocenters. The zero-order chi connectivity index (χ0) is 15.8. The van der Waals surface area contributed by atoms with Crippen LogP contribution in [0.1, 0.15) is 40.0 Å². The third-order valence-electron chi connectivity index (χ3n) is 3.41. The van der Waals surface area contributed by atoms with Gasteiger partial charge in [0.25, 0.3) is 0 Å². The van der Waals surface area contributed by atoms with Crippen molar-refractivity contribution < 1.29 is 9.53 Å². The van der Waals surface area contributed by atoms with Gasteiger partial charge < -0.3 is 15.8 Å². The van der Waals surface area contributed by atoms with E-state index in [0.29, 0.717) is 13.2 Å². The van der Waals surface area contributed by atoms with Gasteiger partial charge in [0.2, 0.25) is 0 Å². The average Bonchev–Trinajstić information content (AvgIpc) is 2.25. The van der Waals surface area contributed by atoms with E-state index in [1.807, 2.05) is 0 Å². The third kappa shape index (κ3) is 11.3. The van der Waals surface area contributed by atoms with Crippen molar-refractivity contribution in [3.05, 3.63) is 0 Å². The number of ether oxygens (including phenoxy) is 1. The number of carbonyl (C=O) groups is 1. The molecule has 0 aliphatic carbocycles. The first kappa shape index (κ1) is 19.4. The highest BCUT2D eigenvalue weighted by atomic mass is 28.3. The minimum Gasteiger partial charge on any atom is -0.450 e. The zero-order valence-electron chi connectivity index (χ0n) is 14.2. The first-order valence-electron chi connectivity index (χ1n) is 7.68. The average molecular weight is 303 g/mol. The maximum Gasteiger partial charge on any atom is 0.407 e. The Kier molecular flexibility index (Phi) is 8.43. The Morgan fingerprint density at radius 3 is 2.35 bits per heavy atom. The molecule has 0 fully saturated rings. The lowest BCUT2D eigenvalue weighted by Crippen LogP contribution is -2.35. The monoisotopic (exact) mass is 302 g/mol. The Morgan fingerprint density at radius 1 is 1.25 bits per heavy atom. The van der Waals surface area contributed by atoms with Crippen molar-refractivity contribution in [2.75, 3.05) is 13.2 Å². The van der Waals surface area contributed by atoms with Crippen LogP contribution in [0.2, 0.25) is 25.7 Å². The topological polar surface area (TPSA) is 64.3 Å². The fourth-order valence-corrected chi connectivity index (χ4v) is 2.33. The molecule has 3 N–H and O–H groups in total. The molecule has 5 heteroatoms. The SMILES string of the molecule is CC(C)(C)[C@@H](N)CCCCNC(=O)OCC[Si](C)(C)C. The minimum atomic E-state index is -1.12. The van der Waals surface area contributed by atoms with Crippen molar-refractivity contribution in [2.45, 2.75) is 71.8 Å². The smallest absolute Gasteiger partial charge is 0.407 e. The number of rotatable bonds is 8. The van der Waals surface area contributed by atoms with E-state index < -0.39 is 8.07 Å². The van der Waals surface area contributed by atoms with E-state index in [4.69, 9.17) is 10.5 Å². The van der Waals surface area contributed by atoms with E-state index in [0.717, 1.165) is 25.3 Å². The number of unbranched alkanes of at least 4 members (excludes halogenated alkanes) is 1.